The number of carboxylic acids is 1. The van der Waals surface area contributed by atoms with Gasteiger partial charge in [0.1, 0.15) is 12.6 Å². The largest absolute Gasteiger partial charge is 0.480 e. The second-order valence-electron chi connectivity index (χ2n) is 4.41. The third kappa shape index (κ3) is 9.02. The summed E-state index contributed by atoms with van der Waals surface area (Å²) in [6, 6.07) is -1.79. The molecule has 11 heteroatoms. The maximum atomic E-state index is 11.9. The fourth-order valence-corrected chi connectivity index (χ4v) is 1.59. The zero-order valence-electron chi connectivity index (χ0n) is 12.0. The summed E-state index contributed by atoms with van der Waals surface area (Å²) in [5.74, 6) is -2.32. The Kier molecular flexibility index (Phi) is 9.70. The molecule has 10 nitrogen and oxygen atoms in total. The number of thiol groups is 1. The summed E-state index contributed by atoms with van der Waals surface area (Å²) in [5, 5.41) is 13.2. The zero-order chi connectivity index (χ0) is 17.1. The van der Waals surface area contributed by atoms with Gasteiger partial charge in [-0.3, -0.25) is 19.4 Å². The summed E-state index contributed by atoms with van der Waals surface area (Å²) in [4.78, 5) is 37.8. The molecule has 0 aromatic carbocycles. The van der Waals surface area contributed by atoms with E-state index in [1.54, 1.807) is 0 Å². The average molecular weight is 334 g/mol. The topological polar surface area (TPSA) is 186 Å². The highest BCUT2D eigenvalue weighted by atomic mass is 32.1. The Labute approximate surface area is 133 Å². The van der Waals surface area contributed by atoms with Crippen molar-refractivity contribution in [1.82, 2.24) is 10.6 Å². The number of carbonyl (C=O) groups excluding carboxylic acids is 2. The van der Waals surface area contributed by atoms with Gasteiger partial charge in [0.15, 0.2) is 5.96 Å². The second kappa shape index (κ2) is 10.7. The van der Waals surface area contributed by atoms with E-state index in [0.717, 1.165) is 0 Å². The predicted octanol–water partition coefficient (Wildman–Crippen LogP) is -3.02. The Bertz CT molecular complexity index is 427. The quantitative estimate of drug-likeness (QED) is 0.0958. The molecule has 0 aliphatic carbocycles. The fourth-order valence-electron chi connectivity index (χ4n) is 1.42. The number of nitrogens with two attached hydrogens (primary N) is 3. The summed E-state index contributed by atoms with van der Waals surface area (Å²) >= 11 is 3.90. The number of nitrogens with one attached hydrogen (secondary N) is 2. The number of carbonyl (C=O) groups is 3. The SMILES string of the molecule is NC(N)=NCCC[C@H](NC(=O)[C@@H](N)CS)C(=O)NCC(=O)O. The maximum absolute atomic E-state index is 11.9. The van der Waals surface area contributed by atoms with Gasteiger partial charge >= 0.3 is 5.97 Å². The summed E-state index contributed by atoms with van der Waals surface area (Å²) in [6.45, 7) is -0.267. The van der Waals surface area contributed by atoms with Crippen molar-refractivity contribution in [3.05, 3.63) is 0 Å². The highest BCUT2D eigenvalue weighted by molar-refractivity contribution is 7.80. The van der Waals surface area contributed by atoms with E-state index < -0.39 is 36.4 Å². The highest BCUT2D eigenvalue weighted by Gasteiger charge is 2.23. The van der Waals surface area contributed by atoms with Crippen molar-refractivity contribution >= 4 is 36.4 Å². The molecule has 0 unspecified atom stereocenters. The van der Waals surface area contributed by atoms with Gasteiger partial charge in [0.25, 0.3) is 0 Å². The molecule has 126 valence electrons. The van der Waals surface area contributed by atoms with Crippen LogP contribution < -0.4 is 27.8 Å². The van der Waals surface area contributed by atoms with Crippen molar-refractivity contribution in [1.29, 1.82) is 0 Å². The van der Waals surface area contributed by atoms with Crippen LogP contribution in [0.5, 0.6) is 0 Å². The molecule has 0 radical (unpaired) electrons. The lowest BCUT2D eigenvalue weighted by Crippen LogP contribution is -2.52. The van der Waals surface area contributed by atoms with Crippen LogP contribution in [0.15, 0.2) is 4.99 Å². The first-order valence-electron chi connectivity index (χ1n) is 6.49. The summed E-state index contributed by atoms with van der Waals surface area (Å²) < 4.78 is 0. The number of hydrogen-bond donors (Lipinski definition) is 7. The lowest BCUT2D eigenvalue weighted by molar-refractivity contribution is -0.138. The van der Waals surface area contributed by atoms with Crippen molar-refractivity contribution in [3.8, 4) is 0 Å². The van der Waals surface area contributed by atoms with Crippen LogP contribution in [-0.2, 0) is 14.4 Å². The van der Waals surface area contributed by atoms with Gasteiger partial charge in [-0.05, 0) is 12.8 Å². The van der Waals surface area contributed by atoms with E-state index in [2.05, 4.69) is 28.3 Å². The Hall–Kier alpha value is -2.01. The number of amides is 2. The molecular formula is C11H22N6O4S. The molecule has 0 saturated heterocycles. The van der Waals surface area contributed by atoms with E-state index in [9.17, 15) is 14.4 Å². The van der Waals surface area contributed by atoms with Crippen LogP contribution in [0.2, 0.25) is 0 Å². The van der Waals surface area contributed by atoms with Gasteiger partial charge in [0.05, 0.1) is 6.04 Å². The van der Waals surface area contributed by atoms with Crippen LogP contribution >= 0.6 is 12.6 Å². The molecule has 2 amide bonds. The predicted molar refractivity (Wildman–Crippen MR) is 84.3 cm³/mol. The molecule has 0 fully saturated rings. The van der Waals surface area contributed by atoms with Gasteiger partial charge < -0.3 is 32.9 Å². The highest BCUT2D eigenvalue weighted by Crippen LogP contribution is 2.00. The molecule has 0 heterocycles. The molecule has 22 heavy (non-hydrogen) atoms. The zero-order valence-corrected chi connectivity index (χ0v) is 12.9. The molecule has 2 atom stereocenters. The Morgan fingerprint density at radius 3 is 2.36 bits per heavy atom. The lowest BCUT2D eigenvalue weighted by Gasteiger charge is -2.19. The van der Waals surface area contributed by atoms with Gasteiger partial charge in [0.2, 0.25) is 11.8 Å². The van der Waals surface area contributed by atoms with Crippen molar-refractivity contribution in [2.75, 3.05) is 18.8 Å². The molecule has 0 rings (SSSR count). The number of guanidine groups is 1. The van der Waals surface area contributed by atoms with Gasteiger partial charge in [-0.15, -0.1) is 0 Å². The molecule has 9 N–H and O–H groups in total. The van der Waals surface area contributed by atoms with Gasteiger partial charge in [-0.25, -0.2) is 0 Å². The fraction of sp³-hybridized carbons (Fsp3) is 0.636. The normalized spacial score (nSPS) is 12.8. The Morgan fingerprint density at radius 1 is 1.23 bits per heavy atom. The molecule has 0 saturated carbocycles. The minimum Gasteiger partial charge on any atom is -0.480 e. The van der Waals surface area contributed by atoms with E-state index in [0.29, 0.717) is 6.42 Å². The van der Waals surface area contributed by atoms with Gasteiger partial charge in [-0.1, -0.05) is 0 Å². The number of aliphatic imine (C=N–C) groups is 1. The van der Waals surface area contributed by atoms with Crippen LogP contribution in [0.1, 0.15) is 12.8 Å². The average Bonchev–Trinajstić information content (AvgIpc) is 2.46. The Morgan fingerprint density at radius 2 is 1.86 bits per heavy atom. The van der Waals surface area contributed by atoms with Crippen molar-refractivity contribution in [3.63, 3.8) is 0 Å². The molecule has 0 bridgehead atoms. The van der Waals surface area contributed by atoms with Crippen LogP contribution in [0.4, 0.5) is 0 Å². The molecule has 0 spiro atoms. The van der Waals surface area contributed by atoms with Crippen molar-refractivity contribution in [2.24, 2.45) is 22.2 Å². The molecule has 0 aromatic rings. The molecular weight excluding hydrogens is 312 g/mol. The van der Waals surface area contributed by atoms with Crippen molar-refractivity contribution in [2.45, 2.75) is 24.9 Å². The van der Waals surface area contributed by atoms with Gasteiger partial charge in [0, 0.05) is 12.3 Å². The minimum atomic E-state index is -1.19. The summed E-state index contributed by atoms with van der Waals surface area (Å²) in [7, 11) is 0. The number of nitrogens with zero attached hydrogens (tertiary/aromatic N) is 1. The first-order chi connectivity index (χ1) is 10.3. The number of aliphatic carboxylic acids is 1. The molecule has 0 aliphatic heterocycles. The van der Waals surface area contributed by atoms with Crippen LogP contribution in [0.3, 0.4) is 0 Å². The van der Waals surface area contributed by atoms with E-state index in [1.165, 1.54) is 0 Å². The summed E-state index contributed by atoms with van der Waals surface area (Å²) in [6.07, 6.45) is 0.646. The van der Waals surface area contributed by atoms with E-state index in [1.807, 2.05) is 0 Å². The number of hydrogen-bond acceptors (Lipinski definition) is 6. The maximum Gasteiger partial charge on any atom is 0.322 e. The summed E-state index contributed by atoms with van der Waals surface area (Å²) in [5.41, 5.74) is 15.9. The van der Waals surface area contributed by atoms with E-state index in [4.69, 9.17) is 22.3 Å². The van der Waals surface area contributed by atoms with Gasteiger partial charge in [-0.2, -0.15) is 12.6 Å². The van der Waals surface area contributed by atoms with Crippen molar-refractivity contribution < 1.29 is 19.5 Å². The number of rotatable bonds is 10. The van der Waals surface area contributed by atoms with Crippen LogP contribution in [0, 0.1) is 0 Å². The third-order valence-corrected chi connectivity index (χ3v) is 2.92. The molecule has 0 aliphatic rings. The first kappa shape index (κ1) is 20.0. The lowest BCUT2D eigenvalue weighted by atomic mass is 10.1. The third-order valence-electron chi connectivity index (χ3n) is 2.53. The van der Waals surface area contributed by atoms with Crippen LogP contribution in [0.25, 0.3) is 0 Å². The first-order valence-corrected chi connectivity index (χ1v) is 7.12. The molecule has 0 aromatic heterocycles. The Balaban J connectivity index is 4.60. The smallest absolute Gasteiger partial charge is 0.322 e. The monoisotopic (exact) mass is 334 g/mol. The standard InChI is InChI=1S/C11H22N6O4S/c12-6(5-22)9(20)17-7(2-1-3-15-11(13)14)10(21)16-4-8(18)19/h6-7,22H,1-5,12H2,(H,16,21)(H,17,20)(H,18,19)(H4,13,14,15)/t6-,7-/m0/s1. The van der Waals surface area contributed by atoms with Crippen LogP contribution in [-0.4, -0.2) is 59.8 Å². The number of carboxylic acid groups (broad SMARTS) is 1. The van der Waals surface area contributed by atoms with E-state index >= 15 is 0 Å². The minimum absolute atomic E-state index is 0.0759. The second-order valence-corrected chi connectivity index (χ2v) is 4.78. The van der Waals surface area contributed by atoms with E-state index in [-0.39, 0.29) is 24.7 Å².